The Morgan fingerprint density at radius 2 is 2.18 bits per heavy atom. The summed E-state index contributed by atoms with van der Waals surface area (Å²) in [5.41, 5.74) is 1.16. The molecule has 0 spiro atoms. The second-order valence-electron chi connectivity index (χ2n) is 6.20. The molecule has 1 aliphatic heterocycles. The Kier molecular flexibility index (Phi) is 5.46. The molecule has 0 saturated carbocycles. The third-order valence-electron chi connectivity index (χ3n) is 3.80. The largest absolute Gasteiger partial charge is 0.348 e. The zero-order valence-electron chi connectivity index (χ0n) is 13.5. The Hall–Kier alpha value is -1.98. The highest BCUT2D eigenvalue weighted by molar-refractivity contribution is 5.92. The number of hydrogen-bond acceptors (Lipinski definition) is 4. The van der Waals surface area contributed by atoms with Crippen LogP contribution in [0.3, 0.4) is 0 Å². The van der Waals surface area contributed by atoms with Crippen molar-refractivity contribution >= 4 is 11.8 Å². The maximum absolute atomic E-state index is 12.0. The molecule has 2 rings (SSSR count). The maximum atomic E-state index is 12.0. The SMILES string of the molecule is CC(=O)N1CCC[C@@H](Cc2cncc(C(=O)NC(C)C)n2)C1. The van der Waals surface area contributed by atoms with Gasteiger partial charge in [-0.05, 0) is 39.0 Å². The second-order valence-corrected chi connectivity index (χ2v) is 6.20. The third-order valence-corrected chi connectivity index (χ3v) is 3.80. The van der Waals surface area contributed by atoms with Crippen molar-refractivity contribution in [2.24, 2.45) is 5.92 Å². The van der Waals surface area contributed by atoms with Crippen molar-refractivity contribution in [3.8, 4) is 0 Å². The quantitative estimate of drug-likeness (QED) is 0.912. The predicted octanol–water partition coefficient (Wildman–Crippen LogP) is 1.42. The molecular weight excluding hydrogens is 280 g/mol. The predicted molar refractivity (Wildman–Crippen MR) is 83.3 cm³/mol. The van der Waals surface area contributed by atoms with Crippen LogP contribution in [-0.4, -0.2) is 45.8 Å². The molecule has 22 heavy (non-hydrogen) atoms. The summed E-state index contributed by atoms with van der Waals surface area (Å²) in [6, 6.07) is 0.0698. The highest BCUT2D eigenvalue weighted by Crippen LogP contribution is 2.20. The van der Waals surface area contributed by atoms with Gasteiger partial charge in [0.25, 0.3) is 5.91 Å². The van der Waals surface area contributed by atoms with Crippen molar-refractivity contribution in [2.45, 2.75) is 46.1 Å². The number of rotatable bonds is 4. The van der Waals surface area contributed by atoms with Crippen molar-refractivity contribution in [1.29, 1.82) is 0 Å². The molecule has 1 saturated heterocycles. The molecule has 1 aromatic heterocycles. The Bertz CT molecular complexity index is 545. The molecule has 1 fully saturated rings. The van der Waals surface area contributed by atoms with Gasteiger partial charge in [-0.15, -0.1) is 0 Å². The minimum Gasteiger partial charge on any atom is -0.348 e. The standard InChI is InChI=1S/C16H24N4O2/c1-11(2)18-16(22)15-9-17-8-14(19-15)7-13-5-4-6-20(10-13)12(3)21/h8-9,11,13H,4-7,10H2,1-3H3,(H,18,22)/t13-/m0/s1. The summed E-state index contributed by atoms with van der Waals surface area (Å²) in [5, 5.41) is 2.82. The van der Waals surface area contributed by atoms with E-state index in [4.69, 9.17) is 0 Å². The number of likely N-dealkylation sites (tertiary alicyclic amines) is 1. The monoisotopic (exact) mass is 304 g/mol. The summed E-state index contributed by atoms with van der Waals surface area (Å²) in [4.78, 5) is 33.9. The minimum absolute atomic E-state index is 0.0698. The van der Waals surface area contributed by atoms with Crippen LogP contribution in [-0.2, 0) is 11.2 Å². The number of carbonyl (C=O) groups excluding carboxylic acids is 2. The normalized spacial score (nSPS) is 18.4. The highest BCUT2D eigenvalue weighted by atomic mass is 16.2. The van der Waals surface area contributed by atoms with Crippen molar-refractivity contribution in [3.63, 3.8) is 0 Å². The van der Waals surface area contributed by atoms with E-state index in [9.17, 15) is 9.59 Å². The fourth-order valence-corrected chi connectivity index (χ4v) is 2.76. The molecule has 0 unspecified atom stereocenters. The van der Waals surface area contributed by atoms with Gasteiger partial charge in [-0.25, -0.2) is 4.98 Å². The van der Waals surface area contributed by atoms with Gasteiger partial charge in [0.2, 0.25) is 5.91 Å². The maximum Gasteiger partial charge on any atom is 0.271 e. The summed E-state index contributed by atoms with van der Waals surface area (Å²) < 4.78 is 0. The van der Waals surface area contributed by atoms with E-state index in [0.29, 0.717) is 11.6 Å². The average molecular weight is 304 g/mol. The van der Waals surface area contributed by atoms with E-state index < -0.39 is 0 Å². The number of piperidine rings is 1. The molecule has 2 amide bonds. The first kappa shape index (κ1) is 16.4. The van der Waals surface area contributed by atoms with E-state index in [1.165, 1.54) is 6.20 Å². The van der Waals surface area contributed by atoms with Crippen LogP contribution in [0.15, 0.2) is 12.4 Å². The van der Waals surface area contributed by atoms with Crippen LogP contribution in [0.2, 0.25) is 0 Å². The van der Waals surface area contributed by atoms with Gasteiger partial charge in [0.05, 0.1) is 11.9 Å². The molecule has 0 bridgehead atoms. The Labute approximate surface area is 131 Å². The molecule has 0 aliphatic carbocycles. The Balaban J connectivity index is 2.01. The third kappa shape index (κ3) is 4.51. The van der Waals surface area contributed by atoms with E-state index in [2.05, 4.69) is 15.3 Å². The van der Waals surface area contributed by atoms with Gasteiger partial charge in [0.15, 0.2) is 0 Å². The first-order chi connectivity index (χ1) is 10.5. The fraction of sp³-hybridized carbons (Fsp3) is 0.625. The number of nitrogens with zero attached hydrogens (tertiary/aromatic N) is 3. The van der Waals surface area contributed by atoms with E-state index in [0.717, 1.165) is 38.0 Å². The Morgan fingerprint density at radius 3 is 2.86 bits per heavy atom. The number of aromatic nitrogens is 2. The first-order valence-corrected chi connectivity index (χ1v) is 7.83. The lowest BCUT2D eigenvalue weighted by Crippen LogP contribution is -2.39. The first-order valence-electron chi connectivity index (χ1n) is 7.83. The summed E-state index contributed by atoms with van der Waals surface area (Å²) in [6.45, 7) is 7.04. The van der Waals surface area contributed by atoms with Gasteiger partial charge < -0.3 is 10.2 Å². The average Bonchev–Trinajstić information content (AvgIpc) is 2.47. The van der Waals surface area contributed by atoms with Crippen LogP contribution in [0.1, 0.15) is 49.8 Å². The molecule has 120 valence electrons. The molecular formula is C16H24N4O2. The molecule has 2 heterocycles. The van der Waals surface area contributed by atoms with E-state index in [1.54, 1.807) is 13.1 Å². The topological polar surface area (TPSA) is 75.2 Å². The molecule has 1 aromatic rings. The summed E-state index contributed by atoms with van der Waals surface area (Å²) in [7, 11) is 0. The number of carbonyl (C=O) groups is 2. The van der Waals surface area contributed by atoms with E-state index >= 15 is 0 Å². The lowest BCUT2D eigenvalue weighted by Gasteiger charge is -2.31. The van der Waals surface area contributed by atoms with Gasteiger partial charge in [-0.3, -0.25) is 14.6 Å². The zero-order valence-corrected chi connectivity index (χ0v) is 13.5. The van der Waals surface area contributed by atoms with Crippen LogP contribution in [0.5, 0.6) is 0 Å². The van der Waals surface area contributed by atoms with Crippen molar-refractivity contribution < 1.29 is 9.59 Å². The van der Waals surface area contributed by atoms with Crippen LogP contribution in [0.25, 0.3) is 0 Å². The molecule has 6 heteroatoms. The summed E-state index contributed by atoms with van der Waals surface area (Å²) in [6.07, 6.45) is 6.04. The number of hydrogen-bond donors (Lipinski definition) is 1. The van der Waals surface area contributed by atoms with Gasteiger partial charge in [-0.1, -0.05) is 0 Å². The molecule has 0 aromatic carbocycles. The molecule has 1 N–H and O–H groups in total. The molecule has 0 radical (unpaired) electrons. The molecule has 1 aliphatic rings. The van der Waals surface area contributed by atoms with E-state index in [1.807, 2.05) is 18.7 Å². The van der Waals surface area contributed by atoms with Gasteiger partial charge in [0, 0.05) is 32.3 Å². The molecule has 1 atom stereocenters. The van der Waals surface area contributed by atoms with Crippen molar-refractivity contribution in [2.75, 3.05) is 13.1 Å². The Morgan fingerprint density at radius 1 is 1.41 bits per heavy atom. The second kappa shape index (κ2) is 7.33. The van der Waals surface area contributed by atoms with Crippen molar-refractivity contribution in [3.05, 3.63) is 23.8 Å². The lowest BCUT2D eigenvalue weighted by molar-refractivity contribution is -0.130. The van der Waals surface area contributed by atoms with Crippen LogP contribution in [0.4, 0.5) is 0 Å². The lowest BCUT2D eigenvalue weighted by atomic mass is 9.93. The summed E-state index contributed by atoms with van der Waals surface area (Å²) in [5.74, 6) is 0.314. The van der Waals surface area contributed by atoms with Gasteiger partial charge >= 0.3 is 0 Å². The number of amides is 2. The molecule has 6 nitrogen and oxygen atoms in total. The van der Waals surface area contributed by atoms with Gasteiger partial charge in [-0.2, -0.15) is 0 Å². The van der Waals surface area contributed by atoms with Crippen LogP contribution >= 0.6 is 0 Å². The zero-order chi connectivity index (χ0) is 16.1. The summed E-state index contributed by atoms with van der Waals surface area (Å²) >= 11 is 0. The van der Waals surface area contributed by atoms with E-state index in [-0.39, 0.29) is 17.9 Å². The highest BCUT2D eigenvalue weighted by Gasteiger charge is 2.22. The van der Waals surface area contributed by atoms with Crippen LogP contribution < -0.4 is 5.32 Å². The van der Waals surface area contributed by atoms with Gasteiger partial charge in [0.1, 0.15) is 5.69 Å². The smallest absolute Gasteiger partial charge is 0.271 e. The van der Waals surface area contributed by atoms with Crippen LogP contribution in [0, 0.1) is 5.92 Å². The van der Waals surface area contributed by atoms with Crippen molar-refractivity contribution in [1.82, 2.24) is 20.2 Å². The minimum atomic E-state index is -0.196. The number of nitrogens with one attached hydrogen (secondary N) is 1. The fourth-order valence-electron chi connectivity index (χ4n) is 2.76.